The first kappa shape index (κ1) is 20.1. The molecule has 1 aliphatic rings. The fourth-order valence-electron chi connectivity index (χ4n) is 2.89. The minimum atomic E-state index is -0.829. The molecule has 0 aliphatic carbocycles. The topological polar surface area (TPSA) is 102 Å². The minimum absolute atomic E-state index is 0.251. The van der Waals surface area contributed by atoms with Gasteiger partial charge in [0.2, 0.25) is 0 Å². The molecule has 150 valence electrons. The van der Waals surface area contributed by atoms with Crippen molar-refractivity contribution in [3.63, 3.8) is 0 Å². The largest absolute Gasteiger partial charge is 0.497 e. The van der Waals surface area contributed by atoms with Crippen LogP contribution in [0.5, 0.6) is 5.75 Å². The van der Waals surface area contributed by atoms with E-state index in [0.29, 0.717) is 13.0 Å². The number of hydrogen-bond acceptors (Lipinski definition) is 6. The number of imide groups is 1. The normalized spacial score (nSPS) is 12.5. The van der Waals surface area contributed by atoms with Gasteiger partial charge in [0, 0.05) is 6.54 Å². The van der Waals surface area contributed by atoms with Gasteiger partial charge in [-0.3, -0.25) is 24.1 Å². The lowest BCUT2D eigenvalue weighted by Crippen LogP contribution is -2.37. The van der Waals surface area contributed by atoms with Crippen LogP contribution in [0.15, 0.2) is 48.5 Å². The van der Waals surface area contributed by atoms with Crippen molar-refractivity contribution in [3.8, 4) is 5.75 Å². The van der Waals surface area contributed by atoms with E-state index in [-0.39, 0.29) is 11.1 Å². The fourth-order valence-corrected chi connectivity index (χ4v) is 2.89. The lowest BCUT2D eigenvalue weighted by molar-refractivity contribution is -0.148. The van der Waals surface area contributed by atoms with Crippen molar-refractivity contribution >= 4 is 23.7 Å². The maximum atomic E-state index is 12.2. The summed E-state index contributed by atoms with van der Waals surface area (Å²) in [7, 11) is 1.59. The third-order valence-corrected chi connectivity index (χ3v) is 4.42. The van der Waals surface area contributed by atoms with E-state index >= 15 is 0 Å². The van der Waals surface area contributed by atoms with Crippen LogP contribution in [0.4, 0.5) is 0 Å². The summed E-state index contributed by atoms with van der Waals surface area (Å²) in [4.78, 5) is 49.0. The summed E-state index contributed by atoms with van der Waals surface area (Å²) in [6.45, 7) is -0.642. The molecule has 0 fully saturated rings. The second kappa shape index (κ2) is 9.01. The number of rotatable bonds is 8. The quantitative estimate of drug-likeness (QED) is 0.531. The van der Waals surface area contributed by atoms with Crippen molar-refractivity contribution in [1.29, 1.82) is 0 Å². The zero-order chi connectivity index (χ0) is 20.8. The summed E-state index contributed by atoms with van der Waals surface area (Å²) >= 11 is 0. The average Bonchev–Trinajstić information content (AvgIpc) is 2.98. The lowest BCUT2D eigenvalue weighted by Gasteiger charge is -2.13. The van der Waals surface area contributed by atoms with Crippen LogP contribution >= 0.6 is 0 Å². The minimum Gasteiger partial charge on any atom is -0.497 e. The monoisotopic (exact) mass is 396 g/mol. The van der Waals surface area contributed by atoms with Gasteiger partial charge < -0.3 is 14.8 Å². The van der Waals surface area contributed by atoms with Crippen molar-refractivity contribution in [2.75, 3.05) is 26.8 Å². The Kier molecular flexibility index (Phi) is 6.23. The van der Waals surface area contributed by atoms with Crippen molar-refractivity contribution in [3.05, 3.63) is 65.2 Å². The van der Waals surface area contributed by atoms with Gasteiger partial charge in [-0.1, -0.05) is 24.3 Å². The molecule has 3 amide bonds. The first-order chi connectivity index (χ1) is 14.0. The van der Waals surface area contributed by atoms with Gasteiger partial charge in [0.15, 0.2) is 6.61 Å². The Bertz CT molecular complexity index is 903. The molecule has 8 heteroatoms. The van der Waals surface area contributed by atoms with E-state index < -0.39 is 36.8 Å². The Hall–Kier alpha value is -3.68. The highest BCUT2D eigenvalue weighted by molar-refractivity contribution is 6.22. The van der Waals surface area contributed by atoms with E-state index in [1.807, 2.05) is 24.3 Å². The highest BCUT2D eigenvalue weighted by atomic mass is 16.5. The maximum absolute atomic E-state index is 12.2. The molecule has 0 bridgehead atoms. The number of carbonyl (C=O) groups excluding carboxylic acids is 4. The summed E-state index contributed by atoms with van der Waals surface area (Å²) in [5.74, 6) is -1.64. The van der Waals surface area contributed by atoms with Gasteiger partial charge in [-0.15, -0.1) is 0 Å². The first-order valence-corrected chi connectivity index (χ1v) is 9.00. The number of esters is 1. The smallest absolute Gasteiger partial charge is 0.326 e. The number of hydrogen-bond donors (Lipinski definition) is 1. The van der Waals surface area contributed by atoms with Crippen LogP contribution in [0, 0.1) is 0 Å². The maximum Gasteiger partial charge on any atom is 0.326 e. The second-order valence-electron chi connectivity index (χ2n) is 6.35. The molecule has 1 N–H and O–H groups in total. The van der Waals surface area contributed by atoms with Crippen molar-refractivity contribution < 1.29 is 28.7 Å². The Morgan fingerprint density at radius 3 is 2.17 bits per heavy atom. The number of methoxy groups -OCH3 is 1. The highest BCUT2D eigenvalue weighted by Crippen LogP contribution is 2.22. The molecule has 2 aromatic rings. The molecule has 0 unspecified atom stereocenters. The molecule has 2 aromatic carbocycles. The van der Waals surface area contributed by atoms with Crippen LogP contribution in [0.1, 0.15) is 26.3 Å². The Morgan fingerprint density at radius 2 is 1.59 bits per heavy atom. The molecule has 3 rings (SSSR count). The Labute approximate surface area is 167 Å². The first-order valence-electron chi connectivity index (χ1n) is 9.00. The van der Waals surface area contributed by atoms with Gasteiger partial charge in [0.25, 0.3) is 17.7 Å². The number of nitrogens with zero attached hydrogens (tertiary/aromatic N) is 1. The third kappa shape index (κ3) is 4.78. The summed E-state index contributed by atoms with van der Waals surface area (Å²) in [6.07, 6.45) is 0.610. The number of amides is 3. The summed E-state index contributed by atoms with van der Waals surface area (Å²) < 4.78 is 9.96. The van der Waals surface area contributed by atoms with Crippen LogP contribution in [0.2, 0.25) is 0 Å². The van der Waals surface area contributed by atoms with Crippen LogP contribution in [-0.4, -0.2) is 55.4 Å². The molecule has 0 atom stereocenters. The predicted molar refractivity (Wildman–Crippen MR) is 102 cm³/mol. The van der Waals surface area contributed by atoms with Crippen molar-refractivity contribution in [2.24, 2.45) is 0 Å². The molecule has 0 spiro atoms. The van der Waals surface area contributed by atoms with E-state index in [2.05, 4.69) is 5.32 Å². The number of carbonyl (C=O) groups is 4. The van der Waals surface area contributed by atoms with E-state index in [0.717, 1.165) is 16.2 Å². The number of nitrogens with one attached hydrogen (secondary N) is 1. The van der Waals surface area contributed by atoms with E-state index in [9.17, 15) is 19.2 Å². The Balaban J connectivity index is 1.39. The predicted octanol–water partition coefficient (Wildman–Crippen LogP) is 1.19. The molecule has 0 saturated heterocycles. The SMILES string of the molecule is COc1ccc(CCNC(=O)COC(=O)CN2C(=O)c3ccccc3C2=O)cc1. The van der Waals surface area contributed by atoms with Crippen molar-refractivity contribution in [2.45, 2.75) is 6.42 Å². The molecule has 0 saturated carbocycles. The summed E-state index contributed by atoms with van der Waals surface area (Å²) in [6, 6.07) is 13.8. The van der Waals surface area contributed by atoms with Crippen LogP contribution in [0.25, 0.3) is 0 Å². The summed E-state index contributed by atoms with van der Waals surface area (Å²) in [5.41, 5.74) is 1.52. The zero-order valence-electron chi connectivity index (χ0n) is 15.8. The highest BCUT2D eigenvalue weighted by Gasteiger charge is 2.36. The van der Waals surface area contributed by atoms with Gasteiger partial charge in [-0.05, 0) is 36.2 Å². The van der Waals surface area contributed by atoms with Gasteiger partial charge in [-0.25, -0.2) is 0 Å². The molecule has 1 aliphatic heterocycles. The third-order valence-electron chi connectivity index (χ3n) is 4.42. The van der Waals surface area contributed by atoms with Crippen LogP contribution in [-0.2, 0) is 20.7 Å². The number of benzene rings is 2. The van der Waals surface area contributed by atoms with Gasteiger partial charge in [-0.2, -0.15) is 0 Å². The molecular weight excluding hydrogens is 376 g/mol. The van der Waals surface area contributed by atoms with Gasteiger partial charge >= 0.3 is 5.97 Å². The van der Waals surface area contributed by atoms with E-state index in [1.54, 1.807) is 19.2 Å². The zero-order valence-corrected chi connectivity index (χ0v) is 15.8. The van der Waals surface area contributed by atoms with E-state index in [1.165, 1.54) is 12.1 Å². The Morgan fingerprint density at radius 1 is 0.966 bits per heavy atom. The van der Waals surface area contributed by atoms with E-state index in [4.69, 9.17) is 9.47 Å². The van der Waals surface area contributed by atoms with Gasteiger partial charge in [0.05, 0.1) is 18.2 Å². The van der Waals surface area contributed by atoms with Crippen LogP contribution in [0.3, 0.4) is 0 Å². The molecule has 1 heterocycles. The molecule has 0 aromatic heterocycles. The molecular formula is C21H20N2O6. The summed E-state index contributed by atoms with van der Waals surface area (Å²) in [5, 5.41) is 2.65. The fraction of sp³-hybridized carbons (Fsp3) is 0.238. The second-order valence-corrected chi connectivity index (χ2v) is 6.35. The molecule has 8 nitrogen and oxygen atoms in total. The average molecular weight is 396 g/mol. The molecule has 29 heavy (non-hydrogen) atoms. The van der Waals surface area contributed by atoms with Crippen molar-refractivity contribution in [1.82, 2.24) is 10.2 Å². The van der Waals surface area contributed by atoms with Gasteiger partial charge in [0.1, 0.15) is 12.3 Å². The standard InChI is InChI=1S/C21H20N2O6/c1-28-15-8-6-14(7-9-15)10-11-22-18(24)13-29-19(25)12-23-20(26)16-4-2-3-5-17(16)21(23)27/h2-9H,10-13H2,1H3,(H,22,24). The lowest BCUT2D eigenvalue weighted by atomic mass is 10.1. The molecule has 0 radical (unpaired) electrons. The number of ether oxygens (including phenoxy) is 2. The van der Waals surface area contributed by atoms with Crippen LogP contribution < -0.4 is 10.1 Å². The number of fused-ring (bicyclic) bond motifs is 1.